The van der Waals surface area contributed by atoms with Gasteiger partial charge in [-0.25, -0.2) is 4.79 Å². The number of carboxylic acids is 1. The van der Waals surface area contributed by atoms with Crippen LogP contribution in [0.3, 0.4) is 0 Å². The molecule has 1 unspecified atom stereocenters. The second kappa shape index (κ2) is 7.40. The van der Waals surface area contributed by atoms with Gasteiger partial charge >= 0.3 is 5.97 Å². The maximum Gasteiger partial charge on any atom is 0.326 e. The average molecular weight is 301 g/mol. The van der Waals surface area contributed by atoms with E-state index < -0.39 is 12.0 Å². The van der Waals surface area contributed by atoms with E-state index in [1.54, 1.807) is 23.0 Å². The van der Waals surface area contributed by atoms with Gasteiger partial charge in [0, 0.05) is 18.0 Å². The molecule has 0 saturated carbocycles. The molecule has 0 aliphatic heterocycles. The lowest BCUT2D eigenvalue weighted by Crippen LogP contribution is -2.41. The van der Waals surface area contributed by atoms with Crippen molar-refractivity contribution in [3.8, 4) is 0 Å². The van der Waals surface area contributed by atoms with Gasteiger partial charge in [0.25, 0.3) is 5.91 Å². The fourth-order valence-corrected chi connectivity index (χ4v) is 2.23. The smallest absolute Gasteiger partial charge is 0.326 e. The molecule has 1 heterocycles. The zero-order valence-electron chi connectivity index (χ0n) is 12.4. The van der Waals surface area contributed by atoms with Gasteiger partial charge in [0.1, 0.15) is 6.04 Å². The number of nitrogens with one attached hydrogen (secondary N) is 1. The number of carbonyl (C=O) groups is 2. The first kappa shape index (κ1) is 15.8. The highest BCUT2D eigenvalue weighted by Crippen LogP contribution is 2.11. The number of benzene rings is 1. The molecule has 1 aromatic carbocycles. The van der Waals surface area contributed by atoms with Gasteiger partial charge in [-0.15, -0.1) is 0 Å². The summed E-state index contributed by atoms with van der Waals surface area (Å²) in [5.41, 5.74) is 1.27. The van der Waals surface area contributed by atoms with Gasteiger partial charge in [0.05, 0.1) is 6.54 Å². The standard InChI is InChI=1S/C16H19N3O3/c1-2-6-14(16(21)22)18-15(20)13-8-4-3-7-12(13)11-19-10-5-9-17-19/h3-5,7-10,14H,2,6,11H2,1H3,(H,18,20)(H,21,22). The molecule has 0 aliphatic rings. The molecule has 0 saturated heterocycles. The maximum atomic E-state index is 12.4. The Kier molecular flexibility index (Phi) is 5.30. The second-order valence-electron chi connectivity index (χ2n) is 5.01. The molecule has 1 aromatic heterocycles. The zero-order valence-corrected chi connectivity index (χ0v) is 12.4. The summed E-state index contributed by atoms with van der Waals surface area (Å²) in [6, 6.07) is 8.08. The summed E-state index contributed by atoms with van der Waals surface area (Å²) in [5, 5.41) is 15.9. The number of carboxylic acid groups (broad SMARTS) is 1. The first-order valence-corrected chi connectivity index (χ1v) is 7.20. The minimum Gasteiger partial charge on any atom is -0.480 e. The summed E-state index contributed by atoms with van der Waals surface area (Å²) < 4.78 is 1.72. The van der Waals surface area contributed by atoms with Crippen LogP contribution in [-0.2, 0) is 11.3 Å². The third-order valence-electron chi connectivity index (χ3n) is 3.33. The molecule has 6 nitrogen and oxygen atoms in total. The summed E-state index contributed by atoms with van der Waals surface area (Å²) in [7, 11) is 0. The Labute approximate surface area is 128 Å². The summed E-state index contributed by atoms with van der Waals surface area (Å²) in [6.07, 6.45) is 4.57. The van der Waals surface area contributed by atoms with Crippen molar-refractivity contribution < 1.29 is 14.7 Å². The molecule has 0 bridgehead atoms. The molecular formula is C16H19N3O3. The number of aromatic nitrogens is 2. The minimum absolute atomic E-state index is 0.372. The van der Waals surface area contributed by atoms with Gasteiger partial charge < -0.3 is 10.4 Å². The topological polar surface area (TPSA) is 84.2 Å². The van der Waals surface area contributed by atoms with Gasteiger partial charge in [-0.05, 0) is 24.1 Å². The van der Waals surface area contributed by atoms with Gasteiger partial charge in [-0.2, -0.15) is 5.10 Å². The first-order chi connectivity index (χ1) is 10.6. The summed E-state index contributed by atoms with van der Waals surface area (Å²) in [5.74, 6) is -1.39. The van der Waals surface area contributed by atoms with E-state index in [0.717, 1.165) is 5.56 Å². The molecule has 0 aliphatic carbocycles. The number of amides is 1. The monoisotopic (exact) mass is 301 g/mol. The number of hydrogen-bond acceptors (Lipinski definition) is 3. The highest BCUT2D eigenvalue weighted by Gasteiger charge is 2.21. The average Bonchev–Trinajstić information content (AvgIpc) is 3.00. The summed E-state index contributed by atoms with van der Waals surface area (Å²) in [6.45, 7) is 2.34. The minimum atomic E-state index is -1.01. The van der Waals surface area contributed by atoms with Crippen molar-refractivity contribution in [1.29, 1.82) is 0 Å². The molecule has 0 radical (unpaired) electrons. The van der Waals surface area contributed by atoms with Crippen LogP contribution in [0.5, 0.6) is 0 Å². The van der Waals surface area contributed by atoms with Crippen LogP contribution in [0.15, 0.2) is 42.7 Å². The Morgan fingerprint density at radius 2 is 2.09 bits per heavy atom. The molecule has 2 aromatic rings. The molecule has 1 amide bonds. The molecule has 1 atom stereocenters. The lowest BCUT2D eigenvalue weighted by molar-refractivity contribution is -0.139. The molecule has 0 fully saturated rings. The van der Waals surface area contributed by atoms with Crippen LogP contribution >= 0.6 is 0 Å². The lowest BCUT2D eigenvalue weighted by Gasteiger charge is -2.15. The highest BCUT2D eigenvalue weighted by atomic mass is 16.4. The fourth-order valence-electron chi connectivity index (χ4n) is 2.23. The number of rotatable bonds is 7. The van der Waals surface area contributed by atoms with Crippen molar-refractivity contribution in [2.45, 2.75) is 32.4 Å². The van der Waals surface area contributed by atoms with Crippen LogP contribution in [0.1, 0.15) is 35.7 Å². The van der Waals surface area contributed by atoms with E-state index in [1.165, 1.54) is 0 Å². The van der Waals surface area contributed by atoms with E-state index in [1.807, 2.05) is 31.3 Å². The zero-order chi connectivity index (χ0) is 15.9. The van der Waals surface area contributed by atoms with Crippen LogP contribution < -0.4 is 5.32 Å². The van der Waals surface area contributed by atoms with Crippen molar-refractivity contribution in [1.82, 2.24) is 15.1 Å². The molecular weight excluding hydrogens is 282 g/mol. The van der Waals surface area contributed by atoms with Crippen LogP contribution in [0.25, 0.3) is 0 Å². The first-order valence-electron chi connectivity index (χ1n) is 7.20. The van der Waals surface area contributed by atoms with Crippen molar-refractivity contribution in [2.75, 3.05) is 0 Å². The van der Waals surface area contributed by atoms with E-state index in [-0.39, 0.29) is 5.91 Å². The summed E-state index contributed by atoms with van der Waals surface area (Å²) >= 11 is 0. The van der Waals surface area contributed by atoms with Crippen molar-refractivity contribution in [3.63, 3.8) is 0 Å². The quantitative estimate of drug-likeness (QED) is 0.818. The van der Waals surface area contributed by atoms with E-state index >= 15 is 0 Å². The van der Waals surface area contributed by atoms with E-state index in [4.69, 9.17) is 5.11 Å². The normalized spacial score (nSPS) is 11.9. The van der Waals surface area contributed by atoms with Gasteiger partial charge in [-0.1, -0.05) is 31.5 Å². The van der Waals surface area contributed by atoms with Crippen LogP contribution in [-0.4, -0.2) is 32.8 Å². The van der Waals surface area contributed by atoms with Crippen molar-refractivity contribution in [2.24, 2.45) is 0 Å². The Balaban J connectivity index is 2.17. The highest BCUT2D eigenvalue weighted by molar-refractivity contribution is 5.97. The van der Waals surface area contributed by atoms with Crippen LogP contribution in [0.4, 0.5) is 0 Å². The number of carbonyl (C=O) groups excluding carboxylic acids is 1. The second-order valence-corrected chi connectivity index (χ2v) is 5.01. The molecule has 2 rings (SSSR count). The Morgan fingerprint density at radius 3 is 2.73 bits per heavy atom. The van der Waals surface area contributed by atoms with E-state index in [9.17, 15) is 9.59 Å². The Hall–Kier alpha value is -2.63. The largest absolute Gasteiger partial charge is 0.480 e. The molecule has 6 heteroatoms. The maximum absolute atomic E-state index is 12.4. The number of nitrogens with zero attached hydrogens (tertiary/aromatic N) is 2. The van der Waals surface area contributed by atoms with Crippen molar-refractivity contribution >= 4 is 11.9 Å². The van der Waals surface area contributed by atoms with Gasteiger partial charge in [-0.3, -0.25) is 9.48 Å². The van der Waals surface area contributed by atoms with E-state index in [0.29, 0.717) is 24.9 Å². The Bertz CT molecular complexity index is 638. The van der Waals surface area contributed by atoms with Crippen LogP contribution in [0, 0.1) is 0 Å². The number of aliphatic carboxylic acids is 1. The Morgan fingerprint density at radius 1 is 1.32 bits per heavy atom. The summed E-state index contributed by atoms with van der Waals surface area (Å²) in [4.78, 5) is 23.5. The van der Waals surface area contributed by atoms with Crippen LogP contribution in [0.2, 0.25) is 0 Å². The lowest BCUT2D eigenvalue weighted by atomic mass is 10.1. The van der Waals surface area contributed by atoms with Crippen molar-refractivity contribution in [3.05, 3.63) is 53.9 Å². The number of hydrogen-bond donors (Lipinski definition) is 2. The predicted octanol–water partition coefficient (Wildman–Crippen LogP) is 1.91. The SMILES string of the molecule is CCCC(NC(=O)c1ccccc1Cn1cccn1)C(=O)O. The van der Waals surface area contributed by atoms with E-state index in [2.05, 4.69) is 10.4 Å². The fraction of sp³-hybridized carbons (Fsp3) is 0.312. The third kappa shape index (κ3) is 3.94. The third-order valence-corrected chi connectivity index (χ3v) is 3.33. The molecule has 116 valence electrons. The molecule has 22 heavy (non-hydrogen) atoms. The van der Waals surface area contributed by atoms with Gasteiger partial charge in [0.15, 0.2) is 0 Å². The molecule has 2 N–H and O–H groups in total. The predicted molar refractivity (Wildman–Crippen MR) is 81.6 cm³/mol. The molecule has 0 spiro atoms. The van der Waals surface area contributed by atoms with Gasteiger partial charge in [0.2, 0.25) is 0 Å².